The molecule has 5 aromatic rings. The molecule has 266 valence electrons. The summed E-state index contributed by atoms with van der Waals surface area (Å²) in [6.07, 6.45) is 0.142. The molecule has 1 aliphatic heterocycles. The van der Waals surface area contributed by atoms with Crippen LogP contribution in [0.1, 0.15) is 28.5 Å². The first-order valence-corrected chi connectivity index (χ1v) is 16.0. The number of fused-ring (bicyclic) bond motifs is 1. The number of hydrogen-bond donors (Lipinski definition) is 2. The fraction of sp³-hybridized carbons (Fsp3) is 0.263. The molecule has 0 saturated carbocycles. The van der Waals surface area contributed by atoms with Gasteiger partial charge in [0.15, 0.2) is 40.3 Å². The predicted molar refractivity (Wildman–Crippen MR) is 189 cm³/mol. The Hall–Kier alpha value is -6.24. The van der Waals surface area contributed by atoms with Gasteiger partial charge in [0.05, 0.1) is 61.4 Å². The molecule has 0 fully saturated rings. The van der Waals surface area contributed by atoms with Gasteiger partial charge in [-0.1, -0.05) is 23.4 Å². The molecular weight excluding hydrogens is 658 g/mol. The van der Waals surface area contributed by atoms with Crippen molar-refractivity contribution < 1.29 is 47.2 Å². The minimum Gasteiger partial charge on any atom is -0.493 e. The molecule has 0 radical (unpaired) electrons. The number of para-hydroxylation sites is 1. The van der Waals surface area contributed by atoms with Crippen molar-refractivity contribution in [2.45, 2.75) is 12.6 Å². The van der Waals surface area contributed by atoms with E-state index < -0.39 is 6.17 Å². The van der Waals surface area contributed by atoms with E-state index in [-0.39, 0.29) is 5.91 Å². The Labute approximate surface area is 295 Å². The first kappa shape index (κ1) is 34.6. The number of amides is 1. The molecule has 1 unspecified atom stereocenters. The number of nitrogens with one attached hydrogen (secondary N) is 2. The quantitative estimate of drug-likeness (QED) is 0.112. The number of nitrogens with zero attached hydrogens (tertiary/aromatic N) is 1. The standard InChI is InChI=1S/C38H39N3O10/c1-43-30-16-22(37-39-26-11-8-7-10-25(26)38(42)40-37)12-13-28(30)49-14-9-15-50-36-33(46-4)19-24(20-34(36)47-5)29-21-27(41-51-29)23-17-31(44-2)35(48-6)32(18-23)45-3/h7-8,10-13,16-21,37,39H,9,14-15H2,1-6H3,(H,40,42). The Morgan fingerprint density at radius 1 is 0.627 bits per heavy atom. The summed E-state index contributed by atoms with van der Waals surface area (Å²) in [5.41, 5.74) is 4.16. The zero-order valence-corrected chi connectivity index (χ0v) is 29.2. The molecule has 0 saturated heterocycles. The number of benzene rings is 4. The second kappa shape index (κ2) is 15.5. The SMILES string of the molecule is COc1cc(C2NC(=O)c3ccccc3N2)ccc1OCCCOc1c(OC)cc(-c2cc(-c3cc(OC)c(OC)c(OC)c3)no2)cc1OC. The summed E-state index contributed by atoms with van der Waals surface area (Å²) >= 11 is 0. The number of anilines is 1. The summed E-state index contributed by atoms with van der Waals surface area (Å²) in [5, 5.41) is 10.6. The number of hydrogen-bond acceptors (Lipinski definition) is 12. The second-order valence-corrected chi connectivity index (χ2v) is 11.3. The summed E-state index contributed by atoms with van der Waals surface area (Å²) in [6.45, 7) is 0.670. The number of carbonyl (C=O) groups excluding carboxylic acids is 1. The van der Waals surface area contributed by atoms with Gasteiger partial charge in [0.1, 0.15) is 11.9 Å². The minimum atomic E-state index is -0.409. The highest BCUT2D eigenvalue weighted by Gasteiger charge is 2.25. The van der Waals surface area contributed by atoms with Gasteiger partial charge in [0.2, 0.25) is 11.5 Å². The molecule has 0 bridgehead atoms. The zero-order valence-electron chi connectivity index (χ0n) is 29.2. The average molecular weight is 698 g/mol. The molecule has 13 nitrogen and oxygen atoms in total. The van der Waals surface area contributed by atoms with Crippen molar-refractivity contribution in [1.82, 2.24) is 10.5 Å². The van der Waals surface area contributed by atoms with E-state index in [1.54, 1.807) is 79.1 Å². The highest BCUT2D eigenvalue weighted by Crippen LogP contribution is 2.44. The lowest BCUT2D eigenvalue weighted by Gasteiger charge is -2.28. The van der Waals surface area contributed by atoms with Crippen molar-refractivity contribution in [2.24, 2.45) is 0 Å². The fourth-order valence-electron chi connectivity index (χ4n) is 5.71. The Morgan fingerprint density at radius 2 is 1.25 bits per heavy atom. The maximum absolute atomic E-state index is 12.6. The lowest BCUT2D eigenvalue weighted by atomic mass is 10.1. The van der Waals surface area contributed by atoms with Crippen LogP contribution in [-0.4, -0.2) is 66.9 Å². The van der Waals surface area contributed by atoms with Crippen LogP contribution < -0.4 is 48.5 Å². The molecule has 51 heavy (non-hydrogen) atoms. The average Bonchev–Trinajstić information content (AvgIpc) is 3.67. The van der Waals surface area contributed by atoms with E-state index in [2.05, 4.69) is 15.8 Å². The van der Waals surface area contributed by atoms with Crippen LogP contribution in [0.2, 0.25) is 0 Å². The molecule has 4 aromatic carbocycles. The second-order valence-electron chi connectivity index (χ2n) is 11.3. The van der Waals surface area contributed by atoms with Crippen molar-refractivity contribution >= 4 is 11.6 Å². The Kier molecular flexibility index (Phi) is 10.5. The van der Waals surface area contributed by atoms with Crippen LogP contribution >= 0.6 is 0 Å². The van der Waals surface area contributed by atoms with Gasteiger partial charge < -0.3 is 53.1 Å². The highest BCUT2D eigenvalue weighted by molar-refractivity contribution is 6.01. The van der Waals surface area contributed by atoms with Gasteiger partial charge in [-0.3, -0.25) is 4.79 Å². The van der Waals surface area contributed by atoms with Crippen LogP contribution in [-0.2, 0) is 0 Å². The van der Waals surface area contributed by atoms with Crippen LogP contribution in [0.4, 0.5) is 5.69 Å². The molecule has 1 aromatic heterocycles. The van der Waals surface area contributed by atoms with E-state index >= 15 is 0 Å². The number of ether oxygens (including phenoxy) is 8. The largest absolute Gasteiger partial charge is 0.493 e. The third-order valence-electron chi connectivity index (χ3n) is 8.28. The lowest BCUT2D eigenvalue weighted by Crippen LogP contribution is -2.38. The molecule has 13 heteroatoms. The van der Waals surface area contributed by atoms with Crippen molar-refractivity contribution in [3.05, 3.63) is 83.9 Å². The van der Waals surface area contributed by atoms with Crippen LogP contribution in [0.3, 0.4) is 0 Å². The smallest absolute Gasteiger partial charge is 0.255 e. The Balaban J connectivity index is 1.09. The summed E-state index contributed by atoms with van der Waals surface area (Å²) in [5.74, 6) is 4.30. The third kappa shape index (κ3) is 7.23. The molecule has 2 N–H and O–H groups in total. The van der Waals surface area contributed by atoms with Gasteiger partial charge in [-0.05, 0) is 54.1 Å². The van der Waals surface area contributed by atoms with Gasteiger partial charge in [-0.25, -0.2) is 0 Å². The van der Waals surface area contributed by atoms with E-state index in [1.807, 2.05) is 36.4 Å². The van der Waals surface area contributed by atoms with Crippen molar-refractivity contribution in [3.8, 4) is 68.6 Å². The van der Waals surface area contributed by atoms with Gasteiger partial charge in [0.25, 0.3) is 5.91 Å². The van der Waals surface area contributed by atoms with E-state index in [0.717, 1.165) is 16.8 Å². The number of aromatic nitrogens is 1. The van der Waals surface area contributed by atoms with E-state index in [0.29, 0.717) is 88.2 Å². The van der Waals surface area contributed by atoms with Crippen LogP contribution in [0.15, 0.2) is 77.3 Å². The van der Waals surface area contributed by atoms with Crippen molar-refractivity contribution in [2.75, 3.05) is 61.2 Å². The molecule has 0 spiro atoms. The van der Waals surface area contributed by atoms with E-state index in [4.69, 9.17) is 42.4 Å². The summed E-state index contributed by atoms with van der Waals surface area (Å²) < 4.78 is 51.3. The number of methoxy groups -OCH3 is 6. The molecule has 1 atom stereocenters. The molecule has 1 amide bonds. The van der Waals surface area contributed by atoms with E-state index in [9.17, 15) is 4.79 Å². The molecule has 1 aliphatic rings. The van der Waals surface area contributed by atoms with Gasteiger partial charge in [-0.15, -0.1) is 0 Å². The molecular formula is C38H39N3O10. The lowest BCUT2D eigenvalue weighted by molar-refractivity contribution is 0.0935. The normalized spacial score (nSPS) is 13.3. The van der Waals surface area contributed by atoms with Crippen LogP contribution in [0, 0.1) is 0 Å². The number of rotatable bonds is 15. The topological polar surface area (TPSA) is 141 Å². The monoisotopic (exact) mass is 697 g/mol. The van der Waals surface area contributed by atoms with Crippen molar-refractivity contribution in [3.63, 3.8) is 0 Å². The number of carbonyl (C=O) groups is 1. The summed E-state index contributed by atoms with van der Waals surface area (Å²) in [7, 11) is 9.34. The summed E-state index contributed by atoms with van der Waals surface area (Å²) in [6, 6.07) is 21.9. The molecule has 0 aliphatic carbocycles. The van der Waals surface area contributed by atoms with E-state index in [1.165, 1.54) is 0 Å². The van der Waals surface area contributed by atoms with Gasteiger partial charge in [-0.2, -0.15) is 0 Å². The minimum absolute atomic E-state index is 0.142. The first-order valence-electron chi connectivity index (χ1n) is 16.0. The maximum Gasteiger partial charge on any atom is 0.255 e. The third-order valence-corrected chi connectivity index (χ3v) is 8.28. The van der Waals surface area contributed by atoms with Crippen molar-refractivity contribution in [1.29, 1.82) is 0 Å². The predicted octanol–water partition coefficient (Wildman–Crippen LogP) is 6.76. The Bertz CT molecular complexity index is 1960. The first-order chi connectivity index (χ1) is 24.9. The maximum atomic E-state index is 12.6. The highest BCUT2D eigenvalue weighted by atomic mass is 16.5. The Morgan fingerprint density at radius 3 is 1.92 bits per heavy atom. The summed E-state index contributed by atoms with van der Waals surface area (Å²) in [4.78, 5) is 12.6. The zero-order chi connectivity index (χ0) is 35.9. The molecule has 6 rings (SSSR count). The fourth-order valence-corrected chi connectivity index (χ4v) is 5.71. The van der Waals surface area contributed by atoms with Crippen LogP contribution in [0.5, 0.6) is 46.0 Å². The van der Waals surface area contributed by atoms with Gasteiger partial charge in [0, 0.05) is 29.3 Å². The molecule has 2 heterocycles. The van der Waals surface area contributed by atoms with Gasteiger partial charge >= 0.3 is 0 Å². The van der Waals surface area contributed by atoms with Crippen LogP contribution in [0.25, 0.3) is 22.6 Å².